The first-order valence-corrected chi connectivity index (χ1v) is 6.74. The summed E-state index contributed by atoms with van der Waals surface area (Å²) in [6.45, 7) is 0. The summed E-state index contributed by atoms with van der Waals surface area (Å²) >= 11 is 0. The number of aromatic amines is 1. The maximum absolute atomic E-state index is 13.2. The predicted octanol–water partition coefficient (Wildman–Crippen LogP) is 2.91. The van der Waals surface area contributed by atoms with Gasteiger partial charge < -0.3 is 9.52 Å². The fourth-order valence-electron chi connectivity index (χ4n) is 2.06. The van der Waals surface area contributed by atoms with Gasteiger partial charge in [-0.05, 0) is 23.8 Å². The second-order valence-corrected chi connectivity index (χ2v) is 4.84. The molecule has 1 aromatic carbocycles. The van der Waals surface area contributed by atoms with Gasteiger partial charge in [0.1, 0.15) is 29.9 Å². The number of allylic oxidation sites excluding steroid dienone is 1. The van der Waals surface area contributed by atoms with E-state index in [1.807, 2.05) is 0 Å². The highest BCUT2D eigenvalue weighted by Crippen LogP contribution is 2.19. The molecule has 6 nitrogen and oxygen atoms in total. The van der Waals surface area contributed by atoms with Gasteiger partial charge in [-0.1, -0.05) is 12.1 Å². The molecule has 0 bridgehead atoms. The van der Waals surface area contributed by atoms with E-state index in [0.717, 1.165) is 11.6 Å². The van der Waals surface area contributed by atoms with Gasteiger partial charge in [0.25, 0.3) is 0 Å². The number of carbonyl (C=O) groups excluding carboxylic acids is 1. The Morgan fingerprint density at radius 1 is 1.39 bits per heavy atom. The zero-order valence-corrected chi connectivity index (χ0v) is 11.9. The minimum atomic E-state index is -0.507. The summed E-state index contributed by atoms with van der Waals surface area (Å²) in [5.41, 5.74) is 1.09. The Kier molecular flexibility index (Phi) is 4.01. The molecule has 0 aliphatic heterocycles. The van der Waals surface area contributed by atoms with Crippen molar-refractivity contribution in [3.63, 3.8) is 0 Å². The Morgan fingerprint density at radius 2 is 2.26 bits per heavy atom. The monoisotopic (exact) mass is 313 g/mol. The second-order valence-electron chi connectivity index (χ2n) is 4.84. The van der Waals surface area contributed by atoms with E-state index in [4.69, 9.17) is 4.42 Å². The van der Waals surface area contributed by atoms with E-state index < -0.39 is 5.78 Å². The summed E-state index contributed by atoms with van der Waals surface area (Å²) in [4.78, 5) is 15.5. The van der Waals surface area contributed by atoms with Gasteiger partial charge in [0.15, 0.2) is 5.82 Å². The van der Waals surface area contributed by atoms with Crippen molar-refractivity contribution in [3.05, 3.63) is 77.5 Å². The number of aliphatic hydroxyl groups excluding tert-OH is 1. The molecule has 23 heavy (non-hydrogen) atoms. The van der Waals surface area contributed by atoms with E-state index in [1.165, 1.54) is 24.7 Å². The molecule has 0 saturated heterocycles. The summed E-state index contributed by atoms with van der Waals surface area (Å²) in [5, 5.41) is 15.9. The minimum absolute atomic E-state index is 0.0278. The third kappa shape index (κ3) is 3.52. The lowest BCUT2D eigenvalue weighted by Crippen LogP contribution is -1.99. The molecule has 0 radical (unpaired) electrons. The molecule has 2 aromatic heterocycles. The molecule has 0 aliphatic rings. The van der Waals surface area contributed by atoms with Crippen LogP contribution in [0.1, 0.15) is 27.5 Å². The largest absolute Gasteiger partial charge is 0.507 e. The lowest BCUT2D eigenvalue weighted by molar-refractivity contribution is 0.103. The summed E-state index contributed by atoms with van der Waals surface area (Å²) in [7, 11) is 0. The highest BCUT2D eigenvalue weighted by Gasteiger charge is 2.11. The Morgan fingerprint density at radius 3 is 3.00 bits per heavy atom. The number of hydrogen-bond donors (Lipinski definition) is 2. The molecular formula is C16H12FN3O3. The van der Waals surface area contributed by atoms with Crippen molar-refractivity contribution in [2.45, 2.75) is 6.42 Å². The molecule has 2 N–H and O–H groups in total. The molecule has 0 amide bonds. The van der Waals surface area contributed by atoms with E-state index in [0.29, 0.717) is 17.7 Å². The number of nitrogens with one attached hydrogen (secondary N) is 1. The molecular weight excluding hydrogens is 301 g/mol. The van der Waals surface area contributed by atoms with Crippen molar-refractivity contribution < 1.29 is 18.7 Å². The fraction of sp³-hybridized carbons (Fsp3) is 0.0625. The number of nitrogens with zero attached hydrogens (tertiary/aromatic N) is 2. The quantitative estimate of drug-likeness (QED) is 0.429. The van der Waals surface area contributed by atoms with Crippen molar-refractivity contribution in [3.8, 4) is 0 Å². The van der Waals surface area contributed by atoms with Crippen LogP contribution in [0.2, 0.25) is 0 Å². The smallest absolute Gasteiger partial charge is 0.226 e. The van der Waals surface area contributed by atoms with Gasteiger partial charge in [-0.15, -0.1) is 0 Å². The van der Waals surface area contributed by atoms with E-state index in [9.17, 15) is 14.3 Å². The summed E-state index contributed by atoms with van der Waals surface area (Å²) in [5.74, 6) is -0.513. The Balaban J connectivity index is 1.75. The third-order valence-electron chi connectivity index (χ3n) is 3.13. The SMILES string of the molecule is O=C(C=C(O)c1coc(Cc2cccc(F)c2)c1)c1ncn[nH]1. The van der Waals surface area contributed by atoms with Crippen LogP contribution >= 0.6 is 0 Å². The number of halogens is 1. The highest BCUT2D eigenvalue weighted by atomic mass is 19.1. The highest BCUT2D eigenvalue weighted by molar-refractivity contribution is 6.05. The van der Waals surface area contributed by atoms with Crippen LogP contribution in [0.15, 0.2) is 53.4 Å². The van der Waals surface area contributed by atoms with E-state index in [1.54, 1.807) is 18.2 Å². The summed E-state index contributed by atoms with van der Waals surface area (Å²) in [6.07, 6.45) is 3.93. The van der Waals surface area contributed by atoms with Crippen LogP contribution in [0.25, 0.3) is 5.76 Å². The summed E-state index contributed by atoms with van der Waals surface area (Å²) < 4.78 is 18.5. The molecule has 0 aliphatic carbocycles. The average molecular weight is 313 g/mol. The first kappa shape index (κ1) is 14.7. The zero-order chi connectivity index (χ0) is 16.2. The molecule has 2 heterocycles. The Labute approximate surface area is 130 Å². The zero-order valence-electron chi connectivity index (χ0n) is 11.9. The molecule has 0 spiro atoms. The molecule has 3 rings (SSSR count). The second kappa shape index (κ2) is 6.27. The summed E-state index contributed by atoms with van der Waals surface area (Å²) in [6, 6.07) is 7.74. The van der Waals surface area contributed by atoms with Crippen molar-refractivity contribution in [1.29, 1.82) is 0 Å². The lowest BCUT2D eigenvalue weighted by atomic mass is 10.1. The van der Waals surface area contributed by atoms with Crippen LogP contribution in [-0.4, -0.2) is 26.1 Å². The van der Waals surface area contributed by atoms with Crippen LogP contribution in [0.5, 0.6) is 0 Å². The van der Waals surface area contributed by atoms with Crippen LogP contribution in [-0.2, 0) is 6.42 Å². The van der Waals surface area contributed by atoms with Gasteiger partial charge in [0, 0.05) is 12.5 Å². The first-order chi connectivity index (χ1) is 11.1. The number of carbonyl (C=O) groups is 1. The lowest BCUT2D eigenvalue weighted by Gasteiger charge is -1.97. The molecule has 0 unspecified atom stereocenters. The number of furan rings is 1. The van der Waals surface area contributed by atoms with Gasteiger partial charge in [-0.2, -0.15) is 5.10 Å². The molecule has 0 saturated carbocycles. The number of aliphatic hydroxyl groups is 1. The van der Waals surface area contributed by atoms with Crippen molar-refractivity contribution >= 4 is 11.5 Å². The topological polar surface area (TPSA) is 92.0 Å². The number of aromatic nitrogens is 3. The molecule has 0 atom stereocenters. The number of H-pyrrole nitrogens is 1. The van der Waals surface area contributed by atoms with Crippen LogP contribution in [0.3, 0.4) is 0 Å². The van der Waals surface area contributed by atoms with E-state index in [-0.39, 0.29) is 17.4 Å². The average Bonchev–Trinajstić information content (AvgIpc) is 3.18. The Bertz CT molecular complexity index is 853. The number of hydrogen-bond acceptors (Lipinski definition) is 5. The normalized spacial score (nSPS) is 11.6. The maximum atomic E-state index is 13.2. The van der Waals surface area contributed by atoms with Crippen LogP contribution in [0.4, 0.5) is 4.39 Å². The van der Waals surface area contributed by atoms with Crippen molar-refractivity contribution in [2.24, 2.45) is 0 Å². The molecule has 0 fully saturated rings. The van der Waals surface area contributed by atoms with Crippen LogP contribution < -0.4 is 0 Å². The van der Waals surface area contributed by atoms with E-state index in [2.05, 4.69) is 15.2 Å². The molecule has 7 heteroatoms. The van der Waals surface area contributed by atoms with Crippen LogP contribution in [0, 0.1) is 5.82 Å². The first-order valence-electron chi connectivity index (χ1n) is 6.74. The number of benzene rings is 1. The van der Waals surface area contributed by atoms with Crippen molar-refractivity contribution in [2.75, 3.05) is 0 Å². The molecule has 3 aromatic rings. The third-order valence-corrected chi connectivity index (χ3v) is 3.13. The van der Waals surface area contributed by atoms with Gasteiger partial charge in [-0.3, -0.25) is 9.89 Å². The van der Waals surface area contributed by atoms with Crippen molar-refractivity contribution in [1.82, 2.24) is 15.2 Å². The number of rotatable bonds is 5. The van der Waals surface area contributed by atoms with Gasteiger partial charge in [-0.25, -0.2) is 9.37 Å². The predicted molar refractivity (Wildman–Crippen MR) is 79.2 cm³/mol. The fourth-order valence-corrected chi connectivity index (χ4v) is 2.06. The van der Waals surface area contributed by atoms with E-state index >= 15 is 0 Å². The minimum Gasteiger partial charge on any atom is -0.507 e. The maximum Gasteiger partial charge on any atom is 0.226 e. The van der Waals surface area contributed by atoms with Gasteiger partial charge in [0.05, 0.1) is 5.56 Å². The van der Waals surface area contributed by atoms with Gasteiger partial charge in [0.2, 0.25) is 5.78 Å². The standard InChI is InChI=1S/C16H12FN3O3/c17-12-3-1-2-10(4-12)5-13-6-11(8-23-13)14(21)7-15(22)16-18-9-19-20-16/h1-4,6-9,21H,5H2,(H,18,19,20). The van der Waals surface area contributed by atoms with Gasteiger partial charge >= 0.3 is 0 Å². The molecule has 116 valence electrons. The number of ketones is 1. The Hall–Kier alpha value is -3.22.